The first-order chi connectivity index (χ1) is 12.7. The molecule has 0 N–H and O–H groups in total. The number of non-ortho nitro benzene ring substituents is 1. The smallest absolute Gasteiger partial charge is 0.410 e. The number of piperidine rings is 1. The van der Waals surface area contributed by atoms with Gasteiger partial charge in [0.1, 0.15) is 5.60 Å². The summed E-state index contributed by atoms with van der Waals surface area (Å²) in [5.74, 6) is 0.320. The van der Waals surface area contributed by atoms with Crippen LogP contribution in [-0.2, 0) is 4.74 Å². The van der Waals surface area contributed by atoms with E-state index in [1.54, 1.807) is 28.4 Å². The predicted molar refractivity (Wildman–Crippen MR) is 104 cm³/mol. The van der Waals surface area contributed by atoms with Gasteiger partial charge in [-0.1, -0.05) is 0 Å². The van der Waals surface area contributed by atoms with E-state index in [0.717, 1.165) is 29.1 Å². The molecule has 144 valence electrons. The minimum absolute atomic E-state index is 0.0729. The van der Waals surface area contributed by atoms with Crippen molar-refractivity contribution in [3.63, 3.8) is 0 Å². The van der Waals surface area contributed by atoms with Gasteiger partial charge in [-0.25, -0.2) is 9.78 Å². The summed E-state index contributed by atoms with van der Waals surface area (Å²) >= 11 is 1.60. The molecule has 2 aromatic rings. The van der Waals surface area contributed by atoms with Crippen molar-refractivity contribution in [1.82, 2.24) is 9.88 Å². The first kappa shape index (κ1) is 19.3. The highest BCUT2D eigenvalue weighted by Gasteiger charge is 2.28. The van der Waals surface area contributed by atoms with Crippen LogP contribution in [0.5, 0.6) is 0 Å². The lowest BCUT2D eigenvalue weighted by atomic mass is 9.98. The molecule has 1 aliphatic rings. The maximum Gasteiger partial charge on any atom is 0.410 e. The Balaban J connectivity index is 1.61. The molecule has 2 heterocycles. The first-order valence-electron chi connectivity index (χ1n) is 8.91. The maximum atomic E-state index is 12.2. The number of benzene rings is 1. The van der Waals surface area contributed by atoms with E-state index in [0.29, 0.717) is 19.0 Å². The van der Waals surface area contributed by atoms with Gasteiger partial charge >= 0.3 is 6.09 Å². The van der Waals surface area contributed by atoms with Gasteiger partial charge in [-0.3, -0.25) is 10.1 Å². The van der Waals surface area contributed by atoms with Gasteiger partial charge in [0.25, 0.3) is 5.69 Å². The minimum atomic E-state index is -0.483. The quantitative estimate of drug-likeness (QED) is 0.554. The Hall–Kier alpha value is -2.48. The molecule has 27 heavy (non-hydrogen) atoms. The molecule has 0 atom stereocenters. The minimum Gasteiger partial charge on any atom is -0.444 e. The molecule has 1 fully saturated rings. The number of amides is 1. The molecule has 1 aromatic carbocycles. The van der Waals surface area contributed by atoms with Gasteiger partial charge in [0.15, 0.2) is 0 Å². The molecule has 0 radical (unpaired) electrons. The van der Waals surface area contributed by atoms with Crippen LogP contribution in [0.3, 0.4) is 0 Å². The summed E-state index contributed by atoms with van der Waals surface area (Å²) in [6.45, 7) is 6.92. The number of thiazole rings is 1. The summed E-state index contributed by atoms with van der Waals surface area (Å²) < 4.78 is 5.43. The van der Waals surface area contributed by atoms with E-state index in [1.807, 2.05) is 26.2 Å². The number of hydrogen-bond acceptors (Lipinski definition) is 6. The maximum absolute atomic E-state index is 12.2. The Morgan fingerprint density at radius 1 is 1.26 bits per heavy atom. The number of ether oxygens (including phenoxy) is 1. The summed E-state index contributed by atoms with van der Waals surface area (Å²) in [6, 6.07) is 6.44. The highest BCUT2D eigenvalue weighted by atomic mass is 32.1. The molecule has 1 aliphatic heterocycles. The van der Waals surface area contributed by atoms with Crippen LogP contribution in [0.4, 0.5) is 10.5 Å². The molecule has 0 spiro atoms. The molecule has 1 aromatic heterocycles. The normalized spacial score (nSPS) is 15.6. The van der Waals surface area contributed by atoms with Crippen LogP contribution in [0, 0.1) is 10.1 Å². The van der Waals surface area contributed by atoms with E-state index >= 15 is 0 Å². The van der Waals surface area contributed by atoms with Crippen molar-refractivity contribution in [2.24, 2.45) is 0 Å². The van der Waals surface area contributed by atoms with Gasteiger partial charge < -0.3 is 9.64 Å². The van der Waals surface area contributed by atoms with Gasteiger partial charge in [-0.05, 0) is 45.7 Å². The number of aromatic nitrogens is 1. The largest absolute Gasteiger partial charge is 0.444 e. The average Bonchev–Trinajstić information content (AvgIpc) is 3.10. The third kappa shape index (κ3) is 4.82. The van der Waals surface area contributed by atoms with Crippen molar-refractivity contribution in [2.75, 3.05) is 13.1 Å². The number of nitro benzene ring substituents is 1. The predicted octanol–water partition coefficient (Wildman–Crippen LogP) is 4.83. The summed E-state index contributed by atoms with van der Waals surface area (Å²) in [6.07, 6.45) is 1.45. The number of hydrogen-bond donors (Lipinski definition) is 0. The van der Waals surface area contributed by atoms with Crippen molar-refractivity contribution in [3.05, 3.63) is 44.8 Å². The highest BCUT2D eigenvalue weighted by molar-refractivity contribution is 7.10. The van der Waals surface area contributed by atoms with Gasteiger partial charge in [0.05, 0.1) is 15.6 Å². The van der Waals surface area contributed by atoms with E-state index in [1.165, 1.54) is 12.1 Å². The number of carbonyl (C=O) groups excluding carboxylic acids is 1. The molecule has 8 heteroatoms. The summed E-state index contributed by atoms with van der Waals surface area (Å²) in [4.78, 5) is 29.0. The molecule has 3 rings (SSSR count). The zero-order chi connectivity index (χ0) is 19.6. The van der Waals surface area contributed by atoms with Crippen LogP contribution >= 0.6 is 11.3 Å². The second kappa shape index (κ2) is 7.64. The second-order valence-corrected chi connectivity index (χ2v) is 8.51. The number of nitro groups is 1. The zero-order valence-corrected chi connectivity index (χ0v) is 16.5. The Morgan fingerprint density at radius 3 is 2.44 bits per heavy atom. The average molecular weight is 389 g/mol. The van der Waals surface area contributed by atoms with Crippen LogP contribution in [0.1, 0.15) is 44.5 Å². The number of rotatable bonds is 3. The molecule has 0 bridgehead atoms. The lowest BCUT2D eigenvalue weighted by Gasteiger charge is -2.32. The number of nitrogens with zero attached hydrogens (tertiary/aromatic N) is 3. The molecule has 1 amide bonds. The van der Waals surface area contributed by atoms with E-state index < -0.39 is 10.5 Å². The van der Waals surface area contributed by atoms with Crippen molar-refractivity contribution < 1.29 is 14.5 Å². The first-order valence-corrected chi connectivity index (χ1v) is 9.79. The van der Waals surface area contributed by atoms with Crippen molar-refractivity contribution in [2.45, 2.75) is 45.1 Å². The van der Waals surface area contributed by atoms with Crippen LogP contribution in [0.2, 0.25) is 0 Å². The number of carbonyl (C=O) groups is 1. The molecule has 1 saturated heterocycles. The molecule has 7 nitrogen and oxygen atoms in total. The van der Waals surface area contributed by atoms with E-state index in [-0.39, 0.29) is 11.8 Å². The molecule has 0 unspecified atom stereocenters. The Labute approximate surface area is 162 Å². The van der Waals surface area contributed by atoms with Crippen molar-refractivity contribution in [3.8, 4) is 11.3 Å². The number of likely N-dealkylation sites (tertiary alicyclic amines) is 1. The monoisotopic (exact) mass is 389 g/mol. The SMILES string of the molecule is CC(C)(C)OC(=O)N1CCC(c2nc(-c3ccc([N+](=O)[O-])cc3)cs2)CC1. The Morgan fingerprint density at radius 2 is 1.89 bits per heavy atom. The Kier molecular flexibility index (Phi) is 5.46. The Bertz CT molecular complexity index is 818. The molecule has 0 saturated carbocycles. The summed E-state index contributed by atoms with van der Waals surface area (Å²) in [7, 11) is 0. The topological polar surface area (TPSA) is 85.6 Å². The van der Waals surface area contributed by atoms with Crippen molar-refractivity contribution >= 4 is 23.1 Å². The molecule has 0 aliphatic carbocycles. The fraction of sp³-hybridized carbons (Fsp3) is 0.474. The van der Waals surface area contributed by atoms with E-state index in [2.05, 4.69) is 0 Å². The van der Waals surface area contributed by atoms with Crippen LogP contribution in [0.25, 0.3) is 11.3 Å². The van der Waals surface area contributed by atoms with Crippen LogP contribution in [-0.4, -0.2) is 39.6 Å². The standard InChI is InChI=1S/C19H23N3O4S/c1-19(2,3)26-18(23)21-10-8-14(9-11-21)17-20-16(12-27-17)13-4-6-15(7-5-13)22(24)25/h4-7,12,14H,8-11H2,1-3H3. The fourth-order valence-corrected chi connectivity index (χ4v) is 4.00. The van der Waals surface area contributed by atoms with Crippen LogP contribution in [0.15, 0.2) is 29.6 Å². The lowest BCUT2D eigenvalue weighted by molar-refractivity contribution is -0.384. The summed E-state index contributed by atoms with van der Waals surface area (Å²) in [5.41, 5.74) is 1.29. The molecular weight excluding hydrogens is 366 g/mol. The van der Waals surface area contributed by atoms with E-state index in [9.17, 15) is 14.9 Å². The van der Waals surface area contributed by atoms with E-state index in [4.69, 9.17) is 9.72 Å². The zero-order valence-electron chi connectivity index (χ0n) is 15.7. The fourth-order valence-electron chi connectivity index (χ4n) is 3.00. The molecular formula is C19H23N3O4S. The second-order valence-electron chi connectivity index (χ2n) is 7.62. The van der Waals surface area contributed by atoms with Gasteiger partial charge in [-0.2, -0.15) is 0 Å². The summed E-state index contributed by atoms with van der Waals surface area (Å²) in [5, 5.41) is 13.8. The van der Waals surface area contributed by atoms with Crippen LogP contribution < -0.4 is 0 Å². The third-order valence-electron chi connectivity index (χ3n) is 4.39. The van der Waals surface area contributed by atoms with Crippen molar-refractivity contribution in [1.29, 1.82) is 0 Å². The van der Waals surface area contributed by atoms with Gasteiger partial charge in [0, 0.05) is 42.1 Å². The van der Waals surface area contributed by atoms with Gasteiger partial charge in [0.2, 0.25) is 0 Å². The lowest BCUT2D eigenvalue weighted by Crippen LogP contribution is -2.41. The van der Waals surface area contributed by atoms with Gasteiger partial charge in [-0.15, -0.1) is 11.3 Å². The third-order valence-corrected chi connectivity index (χ3v) is 5.40. The highest BCUT2D eigenvalue weighted by Crippen LogP contribution is 2.33.